The molecule has 22 heavy (non-hydrogen) atoms. The second-order valence-electron chi connectivity index (χ2n) is 6.98. The smallest absolute Gasteiger partial charge is 0.245 e. The lowest BCUT2D eigenvalue weighted by Crippen LogP contribution is -2.45. The van der Waals surface area contributed by atoms with Crippen molar-refractivity contribution in [3.05, 3.63) is 0 Å². The quantitative estimate of drug-likeness (QED) is 0.807. The number of rotatable bonds is 5. The molecule has 6 heteroatoms. The molecule has 1 unspecified atom stereocenters. The summed E-state index contributed by atoms with van der Waals surface area (Å²) >= 11 is 0. The van der Waals surface area contributed by atoms with Crippen LogP contribution in [0, 0.1) is 5.41 Å². The van der Waals surface area contributed by atoms with Crippen LogP contribution in [0.15, 0.2) is 0 Å². The Morgan fingerprint density at radius 1 is 1.36 bits per heavy atom. The van der Waals surface area contributed by atoms with Gasteiger partial charge in [0.1, 0.15) is 6.04 Å². The molecule has 5 nitrogen and oxygen atoms in total. The maximum Gasteiger partial charge on any atom is 0.245 e. The van der Waals surface area contributed by atoms with E-state index in [9.17, 15) is 9.59 Å². The molecule has 0 aromatic rings. The molecule has 2 amide bonds. The summed E-state index contributed by atoms with van der Waals surface area (Å²) in [6.07, 6.45) is 6.82. The molecule has 0 spiro atoms. The van der Waals surface area contributed by atoms with Crippen molar-refractivity contribution in [1.82, 2.24) is 10.2 Å². The number of nitrogens with one attached hydrogen (secondary N) is 1. The van der Waals surface area contributed by atoms with Gasteiger partial charge in [0.25, 0.3) is 0 Å². The SMILES string of the molecule is CC(C)N1CCC(NC(=O)CC2(CN)CCCCC2)C1=O.Cl. The third-order valence-electron chi connectivity index (χ3n) is 5.08. The van der Waals surface area contributed by atoms with Crippen molar-refractivity contribution < 1.29 is 9.59 Å². The van der Waals surface area contributed by atoms with Gasteiger partial charge in [0.05, 0.1) is 0 Å². The largest absolute Gasteiger partial charge is 0.344 e. The first-order chi connectivity index (χ1) is 9.97. The van der Waals surface area contributed by atoms with E-state index in [1.807, 2.05) is 18.7 Å². The van der Waals surface area contributed by atoms with Crippen LogP contribution in [0.1, 0.15) is 58.8 Å². The molecule has 0 radical (unpaired) electrons. The van der Waals surface area contributed by atoms with Gasteiger partial charge in [-0.3, -0.25) is 9.59 Å². The summed E-state index contributed by atoms with van der Waals surface area (Å²) in [6, 6.07) is -0.133. The normalized spacial score (nSPS) is 24.3. The first kappa shape index (κ1) is 19.2. The van der Waals surface area contributed by atoms with Crippen molar-refractivity contribution in [3.63, 3.8) is 0 Å². The lowest BCUT2D eigenvalue weighted by molar-refractivity contribution is -0.134. The fourth-order valence-electron chi connectivity index (χ4n) is 3.69. The van der Waals surface area contributed by atoms with Gasteiger partial charge in [0, 0.05) is 19.0 Å². The zero-order valence-corrected chi connectivity index (χ0v) is 14.6. The number of nitrogens with zero attached hydrogens (tertiary/aromatic N) is 1. The second-order valence-corrected chi connectivity index (χ2v) is 6.98. The maximum atomic E-state index is 12.3. The Labute approximate surface area is 139 Å². The Hall–Kier alpha value is -0.810. The lowest BCUT2D eigenvalue weighted by atomic mass is 9.71. The molecular formula is C16H30ClN3O2. The number of hydrogen-bond acceptors (Lipinski definition) is 3. The van der Waals surface area contributed by atoms with Gasteiger partial charge in [-0.05, 0) is 45.1 Å². The highest BCUT2D eigenvalue weighted by molar-refractivity contribution is 5.89. The Bertz CT molecular complexity index is 395. The van der Waals surface area contributed by atoms with Crippen molar-refractivity contribution >= 4 is 24.2 Å². The predicted octanol–water partition coefficient (Wildman–Crippen LogP) is 1.83. The molecule has 2 rings (SSSR count). The topological polar surface area (TPSA) is 75.4 Å². The van der Waals surface area contributed by atoms with Gasteiger partial charge in [-0.1, -0.05) is 19.3 Å². The monoisotopic (exact) mass is 331 g/mol. The zero-order valence-electron chi connectivity index (χ0n) is 13.8. The van der Waals surface area contributed by atoms with Crippen molar-refractivity contribution in [2.45, 2.75) is 70.9 Å². The highest BCUT2D eigenvalue weighted by Gasteiger charge is 2.37. The summed E-state index contributed by atoms with van der Waals surface area (Å²) < 4.78 is 0. The van der Waals surface area contributed by atoms with E-state index in [0.29, 0.717) is 13.0 Å². The molecule has 1 aliphatic carbocycles. The highest BCUT2D eigenvalue weighted by Crippen LogP contribution is 2.38. The van der Waals surface area contributed by atoms with E-state index >= 15 is 0 Å². The van der Waals surface area contributed by atoms with Crippen LogP contribution in [0.3, 0.4) is 0 Å². The summed E-state index contributed by atoms with van der Waals surface area (Å²) in [6.45, 7) is 5.32. The summed E-state index contributed by atoms with van der Waals surface area (Å²) in [7, 11) is 0. The molecule has 1 aliphatic heterocycles. The third kappa shape index (κ3) is 4.35. The maximum absolute atomic E-state index is 12.3. The molecule has 1 saturated heterocycles. The molecular weight excluding hydrogens is 302 g/mol. The molecule has 0 aromatic carbocycles. The molecule has 2 fully saturated rings. The fraction of sp³-hybridized carbons (Fsp3) is 0.875. The summed E-state index contributed by atoms with van der Waals surface area (Å²) in [4.78, 5) is 26.4. The first-order valence-corrected chi connectivity index (χ1v) is 8.27. The van der Waals surface area contributed by atoms with E-state index in [4.69, 9.17) is 5.73 Å². The van der Waals surface area contributed by atoms with Crippen molar-refractivity contribution in [1.29, 1.82) is 0 Å². The number of carbonyl (C=O) groups excluding carboxylic acids is 2. The van der Waals surface area contributed by atoms with Crippen LogP contribution in [-0.4, -0.2) is 41.9 Å². The van der Waals surface area contributed by atoms with E-state index in [2.05, 4.69) is 5.32 Å². The second kappa shape index (κ2) is 8.16. The minimum absolute atomic E-state index is 0. The number of halogens is 1. The average molecular weight is 332 g/mol. The van der Waals surface area contributed by atoms with E-state index in [1.165, 1.54) is 6.42 Å². The number of hydrogen-bond donors (Lipinski definition) is 2. The number of amides is 2. The van der Waals surface area contributed by atoms with Crippen LogP contribution in [0.25, 0.3) is 0 Å². The average Bonchev–Trinajstić information content (AvgIpc) is 2.81. The van der Waals surface area contributed by atoms with E-state index in [0.717, 1.165) is 38.6 Å². The molecule has 128 valence electrons. The number of likely N-dealkylation sites (tertiary alicyclic amines) is 1. The standard InChI is InChI=1S/C16H29N3O2.ClH/c1-12(2)19-9-6-13(15(19)21)18-14(20)10-16(11-17)7-4-3-5-8-16;/h12-13H,3-11,17H2,1-2H3,(H,18,20);1H. The Balaban J connectivity index is 0.00000242. The fourth-order valence-corrected chi connectivity index (χ4v) is 3.69. The molecule has 1 heterocycles. The summed E-state index contributed by atoms with van der Waals surface area (Å²) in [5, 5.41) is 2.93. The van der Waals surface area contributed by atoms with Crippen LogP contribution in [0.5, 0.6) is 0 Å². The minimum Gasteiger partial charge on any atom is -0.344 e. The molecule has 1 saturated carbocycles. The first-order valence-electron chi connectivity index (χ1n) is 8.27. The molecule has 3 N–H and O–H groups in total. The molecule has 0 bridgehead atoms. The van der Waals surface area contributed by atoms with Crippen LogP contribution in [-0.2, 0) is 9.59 Å². The van der Waals surface area contributed by atoms with Gasteiger partial charge >= 0.3 is 0 Å². The van der Waals surface area contributed by atoms with Gasteiger partial charge in [0.2, 0.25) is 11.8 Å². The van der Waals surface area contributed by atoms with Crippen LogP contribution < -0.4 is 11.1 Å². The highest BCUT2D eigenvalue weighted by atomic mass is 35.5. The van der Waals surface area contributed by atoms with E-state index in [1.54, 1.807) is 0 Å². The van der Waals surface area contributed by atoms with Crippen molar-refractivity contribution in [2.75, 3.05) is 13.1 Å². The van der Waals surface area contributed by atoms with E-state index < -0.39 is 0 Å². The Morgan fingerprint density at radius 3 is 2.50 bits per heavy atom. The zero-order chi connectivity index (χ0) is 15.5. The number of carbonyl (C=O) groups is 2. The minimum atomic E-state index is -0.335. The molecule has 2 aliphatic rings. The third-order valence-corrected chi connectivity index (χ3v) is 5.08. The van der Waals surface area contributed by atoms with Gasteiger partial charge in [-0.15, -0.1) is 12.4 Å². The van der Waals surface area contributed by atoms with Gasteiger partial charge in [-0.25, -0.2) is 0 Å². The van der Waals surface area contributed by atoms with Gasteiger partial charge in [-0.2, -0.15) is 0 Å². The lowest BCUT2D eigenvalue weighted by Gasteiger charge is -2.35. The molecule has 1 atom stereocenters. The Morgan fingerprint density at radius 2 is 2.00 bits per heavy atom. The van der Waals surface area contributed by atoms with Gasteiger partial charge < -0.3 is 16.0 Å². The van der Waals surface area contributed by atoms with Crippen molar-refractivity contribution in [3.8, 4) is 0 Å². The van der Waals surface area contributed by atoms with Crippen LogP contribution >= 0.6 is 12.4 Å². The summed E-state index contributed by atoms with van der Waals surface area (Å²) in [5.74, 6) is 0.0510. The predicted molar refractivity (Wildman–Crippen MR) is 89.8 cm³/mol. The van der Waals surface area contributed by atoms with Crippen LogP contribution in [0.2, 0.25) is 0 Å². The number of nitrogens with two attached hydrogens (primary N) is 1. The van der Waals surface area contributed by atoms with Crippen LogP contribution in [0.4, 0.5) is 0 Å². The summed E-state index contributed by atoms with van der Waals surface area (Å²) in [5.41, 5.74) is 5.89. The van der Waals surface area contributed by atoms with Gasteiger partial charge in [0.15, 0.2) is 0 Å². The van der Waals surface area contributed by atoms with Crippen molar-refractivity contribution in [2.24, 2.45) is 11.1 Å². The van der Waals surface area contributed by atoms with E-state index in [-0.39, 0.29) is 41.7 Å². The molecule has 0 aromatic heterocycles. The Kier molecular flexibility index (Phi) is 7.13.